The quantitative estimate of drug-likeness (QED) is 0.751. The van der Waals surface area contributed by atoms with Crippen molar-refractivity contribution in [1.29, 1.82) is 0 Å². The minimum atomic E-state index is 0.155. The summed E-state index contributed by atoms with van der Waals surface area (Å²) in [6.45, 7) is 0. The van der Waals surface area contributed by atoms with Gasteiger partial charge in [-0.15, -0.1) is 0 Å². The van der Waals surface area contributed by atoms with E-state index in [2.05, 4.69) is 10.2 Å². The molecule has 0 aromatic heterocycles. The van der Waals surface area contributed by atoms with Gasteiger partial charge in [0.1, 0.15) is 11.5 Å². The lowest BCUT2D eigenvalue weighted by atomic mass is 10.3. The van der Waals surface area contributed by atoms with E-state index in [1.54, 1.807) is 30.3 Å². The van der Waals surface area contributed by atoms with Crippen molar-refractivity contribution in [3.63, 3.8) is 0 Å². The van der Waals surface area contributed by atoms with Crippen LogP contribution in [-0.2, 0) is 0 Å². The summed E-state index contributed by atoms with van der Waals surface area (Å²) in [6.07, 6.45) is 0. The Morgan fingerprint density at radius 2 is 1.38 bits per heavy atom. The third-order valence-electron chi connectivity index (χ3n) is 1.96. The lowest BCUT2D eigenvalue weighted by Gasteiger charge is -1.94. The van der Waals surface area contributed by atoms with Gasteiger partial charge in [-0.2, -0.15) is 10.2 Å². The SMILES string of the molecule is Oc1ccc(N=Nc2cccc(O)c2)cc1. The highest BCUT2D eigenvalue weighted by atomic mass is 16.3. The largest absolute Gasteiger partial charge is 0.508 e. The molecule has 0 radical (unpaired) electrons. The predicted octanol–water partition coefficient (Wildman–Crippen LogP) is 3.51. The van der Waals surface area contributed by atoms with Gasteiger partial charge in [-0.3, -0.25) is 0 Å². The molecule has 0 aliphatic carbocycles. The van der Waals surface area contributed by atoms with Crippen molar-refractivity contribution < 1.29 is 10.2 Å². The summed E-state index contributed by atoms with van der Waals surface area (Å²) in [4.78, 5) is 0. The first-order valence-corrected chi connectivity index (χ1v) is 4.74. The summed E-state index contributed by atoms with van der Waals surface area (Å²) in [7, 11) is 0. The monoisotopic (exact) mass is 214 g/mol. The molecule has 0 saturated carbocycles. The molecule has 80 valence electrons. The number of phenols is 2. The maximum atomic E-state index is 9.21. The van der Waals surface area contributed by atoms with Gasteiger partial charge in [0.05, 0.1) is 11.4 Å². The fourth-order valence-corrected chi connectivity index (χ4v) is 1.19. The second-order valence-electron chi connectivity index (χ2n) is 3.24. The molecule has 0 heterocycles. The van der Waals surface area contributed by atoms with Gasteiger partial charge in [-0.05, 0) is 36.4 Å². The maximum absolute atomic E-state index is 9.21. The second kappa shape index (κ2) is 4.44. The Balaban J connectivity index is 2.18. The molecule has 0 aliphatic rings. The number of rotatable bonds is 2. The van der Waals surface area contributed by atoms with Gasteiger partial charge in [0, 0.05) is 6.07 Å². The van der Waals surface area contributed by atoms with Crippen molar-refractivity contribution in [2.24, 2.45) is 10.2 Å². The van der Waals surface area contributed by atoms with E-state index >= 15 is 0 Å². The fraction of sp³-hybridized carbons (Fsp3) is 0. The molecule has 16 heavy (non-hydrogen) atoms. The average Bonchev–Trinajstić information content (AvgIpc) is 2.28. The van der Waals surface area contributed by atoms with Crippen molar-refractivity contribution in [2.75, 3.05) is 0 Å². The van der Waals surface area contributed by atoms with Crippen molar-refractivity contribution in [3.8, 4) is 11.5 Å². The summed E-state index contributed by atoms with van der Waals surface area (Å²) in [5, 5.41) is 26.2. The Kier molecular flexibility index (Phi) is 2.82. The van der Waals surface area contributed by atoms with E-state index in [9.17, 15) is 5.11 Å². The minimum Gasteiger partial charge on any atom is -0.508 e. The lowest BCUT2D eigenvalue weighted by molar-refractivity contribution is 0.475. The molecule has 2 aromatic carbocycles. The number of hydrogen-bond acceptors (Lipinski definition) is 4. The van der Waals surface area contributed by atoms with Crippen LogP contribution in [0.1, 0.15) is 0 Å². The van der Waals surface area contributed by atoms with E-state index in [0.29, 0.717) is 11.4 Å². The number of benzene rings is 2. The molecule has 4 heteroatoms. The van der Waals surface area contributed by atoms with Gasteiger partial charge in [0.15, 0.2) is 0 Å². The molecule has 0 fully saturated rings. The Hall–Kier alpha value is -2.36. The first-order valence-electron chi connectivity index (χ1n) is 4.74. The van der Waals surface area contributed by atoms with Crippen LogP contribution in [0.3, 0.4) is 0 Å². The molecular formula is C12H10N2O2. The zero-order valence-electron chi connectivity index (χ0n) is 8.41. The summed E-state index contributed by atoms with van der Waals surface area (Å²) < 4.78 is 0. The summed E-state index contributed by atoms with van der Waals surface area (Å²) in [6, 6.07) is 12.9. The molecule has 4 nitrogen and oxygen atoms in total. The molecule has 2 N–H and O–H groups in total. The van der Waals surface area contributed by atoms with Gasteiger partial charge < -0.3 is 10.2 Å². The van der Waals surface area contributed by atoms with Gasteiger partial charge >= 0.3 is 0 Å². The summed E-state index contributed by atoms with van der Waals surface area (Å²) in [5.74, 6) is 0.346. The number of phenolic OH excluding ortho intramolecular Hbond substituents is 2. The highest BCUT2D eigenvalue weighted by Gasteiger charge is 1.92. The Morgan fingerprint density at radius 3 is 2.06 bits per heavy atom. The molecular weight excluding hydrogens is 204 g/mol. The third-order valence-corrected chi connectivity index (χ3v) is 1.96. The number of nitrogens with zero attached hydrogens (tertiary/aromatic N) is 2. The van der Waals surface area contributed by atoms with Crippen LogP contribution in [0.25, 0.3) is 0 Å². The van der Waals surface area contributed by atoms with Crippen LogP contribution in [0.5, 0.6) is 11.5 Å². The normalized spacial score (nSPS) is 10.8. The first kappa shape index (κ1) is 10.2. The number of aromatic hydroxyl groups is 2. The predicted molar refractivity (Wildman–Crippen MR) is 60.4 cm³/mol. The van der Waals surface area contributed by atoms with Crippen LogP contribution in [0.2, 0.25) is 0 Å². The zero-order chi connectivity index (χ0) is 11.4. The van der Waals surface area contributed by atoms with Crippen LogP contribution in [0.15, 0.2) is 58.8 Å². The van der Waals surface area contributed by atoms with E-state index in [0.717, 1.165) is 0 Å². The van der Waals surface area contributed by atoms with Crippen LogP contribution < -0.4 is 0 Å². The van der Waals surface area contributed by atoms with Gasteiger partial charge in [0.2, 0.25) is 0 Å². The summed E-state index contributed by atoms with van der Waals surface area (Å²) >= 11 is 0. The molecule has 0 atom stereocenters. The molecule has 0 saturated heterocycles. The standard InChI is InChI=1S/C12H10N2O2/c15-11-6-4-9(5-7-11)13-14-10-2-1-3-12(16)8-10/h1-8,15-16H. The number of hydrogen-bond donors (Lipinski definition) is 2. The second-order valence-corrected chi connectivity index (χ2v) is 3.24. The van der Waals surface area contributed by atoms with E-state index < -0.39 is 0 Å². The zero-order valence-corrected chi connectivity index (χ0v) is 8.41. The third kappa shape index (κ3) is 2.57. The Morgan fingerprint density at radius 1 is 0.688 bits per heavy atom. The molecule has 0 spiro atoms. The average molecular weight is 214 g/mol. The molecule has 2 rings (SSSR count). The Bertz CT molecular complexity index is 507. The van der Waals surface area contributed by atoms with Crippen LogP contribution >= 0.6 is 0 Å². The van der Waals surface area contributed by atoms with E-state index in [1.165, 1.54) is 18.2 Å². The molecule has 2 aromatic rings. The van der Waals surface area contributed by atoms with Crippen LogP contribution in [-0.4, -0.2) is 10.2 Å². The summed E-state index contributed by atoms with van der Waals surface area (Å²) in [5.41, 5.74) is 1.22. The first-order chi connectivity index (χ1) is 7.74. The van der Waals surface area contributed by atoms with Crippen LogP contribution in [0, 0.1) is 0 Å². The maximum Gasteiger partial charge on any atom is 0.117 e. The molecule has 0 bridgehead atoms. The van der Waals surface area contributed by atoms with E-state index in [1.807, 2.05) is 0 Å². The van der Waals surface area contributed by atoms with Crippen molar-refractivity contribution in [3.05, 3.63) is 48.5 Å². The number of azo groups is 1. The van der Waals surface area contributed by atoms with Crippen LogP contribution in [0.4, 0.5) is 11.4 Å². The van der Waals surface area contributed by atoms with Gasteiger partial charge in [0.25, 0.3) is 0 Å². The van der Waals surface area contributed by atoms with Gasteiger partial charge in [-0.1, -0.05) is 6.07 Å². The highest BCUT2D eigenvalue weighted by Crippen LogP contribution is 2.22. The van der Waals surface area contributed by atoms with E-state index in [-0.39, 0.29) is 11.5 Å². The highest BCUT2D eigenvalue weighted by molar-refractivity contribution is 5.44. The molecule has 0 aliphatic heterocycles. The lowest BCUT2D eigenvalue weighted by Crippen LogP contribution is -1.66. The topological polar surface area (TPSA) is 65.2 Å². The van der Waals surface area contributed by atoms with Crippen molar-refractivity contribution in [2.45, 2.75) is 0 Å². The van der Waals surface area contributed by atoms with E-state index in [4.69, 9.17) is 5.11 Å². The fourth-order valence-electron chi connectivity index (χ4n) is 1.19. The Labute approximate surface area is 92.5 Å². The minimum absolute atomic E-state index is 0.155. The molecule has 0 unspecified atom stereocenters. The van der Waals surface area contributed by atoms with Crippen molar-refractivity contribution >= 4 is 11.4 Å². The smallest absolute Gasteiger partial charge is 0.117 e. The molecule has 0 amide bonds. The van der Waals surface area contributed by atoms with Gasteiger partial charge in [-0.25, -0.2) is 0 Å². The van der Waals surface area contributed by atoms with Crippen molar-refractivity contribution in [1.82, 2.24) is 0 Å².